The van der Waals surface area contributed by atoms with E-state index in [1.807, 2.05) is 0 Å². The van der Waals surface area contributed by atoms with Crippen molar-refractivity contribution in [3.63, 3.8) is 0 Å². The molecule has 0 aromatic rings. The van der Waals surface area contributed by atoms with Crippen LogP contribution in [0.1, 0.15) is 20.3 Å². The van der Waals surface area contributed by atoms with Crippen molar-refractivity contribution >= 4 is 0 Å². The topological polar surface area (TPSA) is 3.24 Å². The molecule has 1 heterocycles. The zero-order chi connectivity index (χ0) is 6.85. The summed E-state index contributed by atoms with van der Waals surface area (Å²) in [6, 6.07) is 0.768. The second-order valence-corrected chi connectivity index (χ2v) is 2.93. The highest BCUT2D eigenvalue weighted by atomic mass is 19.1. The normalized spacial score (nSPS) is 28.7. The summed E-state index contributed by atoms with van der Waals surface area (Å²) in [5, 5.41) is 0. The Bertz CT molecular complexity index is 90.9. The molecule has 1 aliphatic rings. The van der Waals surface area contributed by atoms with Crippen molar-refractivity contribution in [2.75, 3.05) is 13.2 Å². The van der Waals surface area contributed by atoms with Crippen molar-refractivity contribution in [3.05, 3.63) is 0 Å². The van der Waals surface area contributed by atoms with Gasteiger partial charge in [-0.15, -0.1) is 0 Å². The molecule has 0 N–H and O–H groups in total. The average molecular weight is 131 g/mol. The second-order valence-electron chi connectivity index (χ2n) is 2.93. The molecule has 9 heavy (non-hydrogen) atoms. The zero-order valence-electron chi connectivity index (χ0n) is 6.10. The predicted molar refractivity (Wildman–Crippen MR) is 36.2 cm³/mol. The molecule has 0 amide bonds. The van der Waals surface area contributed by atoms with E-state index < -0.39 is 0 Å². The molecule has 0 radical (unpaired) electrons. The molecule has 1 aliphatic heterocycles. The van der Waals surface area contributed by atoms with Crippen LogP contribution in [0.3, 0.4) is 0 Å². The summed E-state index contributed by atoms with van der Waals surface area (Å²) in [7, 11) is 0. The van der Waals surface area contributed by atoms with E-state index in [4.69, 9.17) is 0 Å². The van der Waals surface area contributed by atoms with E-state index in [0.29, 0.717) is 6.04 Å². The fraction of sp³-hybridized carbons (Fsp3) is 1.00. The molecule has 0 spiro atoms. The molecule has 0 aromatic carbocycles. The van der Waals surface area contributed by atoms with Gasteiger partial charge in [0.25, 0.3) is 0 Å². The van der Waals surface area contributed by atoms with Gasteiger partial charge in [0.05, 0.1) is 0 Å². The SMILES string of the molecule is CC(C)N1CCC1CF. The molecule has 1 nitrogen and oxygen atoms in total. The lowest BCUT2D eigenvalue weighted by Crippen LogP contribution is -2.52. The lowest BCUT2D eigenvalue weighted by Gasteiger charge is -2.42. The van der Waals surface area contributed by atoms with Gasteiger partial charge in [-0.2, -0.15) is 0 Å². The maximum atomic E-state index is 12.0. The lowest BCUT2D eigenvalue weighted by molar-refractivity contribution is 0.0397. The number of halogens is 1. The zero-order valence-corrected chi connectivity index (χ0v) is 6.10. The fourth-order valence-corrected chi connectivity index (χ4v) is 1.31. The Hall–Kier alpha value is -0.110. The predicted octanol–water partition coefficient (Wildman–Crippen LogP) is 1.44. The maximum Gasteiger partial charge on any atom is 0.105 e. The van der Waals surface area contributed by atoms with Crippen LogP contribution in [0.2, 0.25) is 0 Å². The molecule has 1 saturated heterocycles. The maximum absolute atomic E-state index is 12.0. The molecule has 1 fully saturated rings. The summed E-state index contributed by atoms with van der Waals surface area (Å²) in [5.41, 5.74) is 0. The molecule has 1 unspecified atom stereocenters. The van der Waals surface area contributed by atoms with Crippen LogP contribution >= 0.6 is 0 Å². The fourth-order valence-electron chi connectivity index (χ4n) is 1.31. The Morgan fingerprint density at radius 2 is 2.33 bits per heavy atom. The Kier molecular flexibility index (Phi) is 2.06. The third kappa shape index (κ3) is 1.23. The highest BCUT2D eigenvalue weighted by Crippen LogP contribution is 2.19. The Balaban J connectivity index is 2.27. The third-order valence-electron chi connectivity index (χ3n) is 2.03. The summed E-state index contributed by atoms with van der Waals surface area (Å²) in [6.07, 6.45) is 1.05. The number of rotatable bonds is 2. The lowest BCUT2D eigenvalue weighted by atomic mass is 10.0. The van der Waals surface area contributed by atoms with Crippen molar-refractivity contribution in [1.82, 2.24) is 4.90 Å². The van der Waals surface area contributed by atoms with Crippen LogP contribution in [-0.4, -0.2) is 30.2 Å². The minimum Gasteiger partial charge on any atom is -0.295 e. The average Bonchev–Trinajstić information content (AvgIpc) is 1.61. The molecule has 54 valence electrons. The molecular formula is C7H14FN. The summed E-state index contributed by atoms with van der Waals surface area (Å²) in [5.74, 6) is 0. The first-order chi connectivity index (χ1) is 4.25. The van der Waals surface area contributed by atoms with Crippen LogP contribution in [0.5, 0.6) is 0 Å². The smallest absolute Gasteiger partial charge is 0.105 e. The van der Waals surface area contributed by atoms with Crippen molar-refractivity contribution in [1.29, 1.82) is 0 Å². The van der Waals surface area contributed by atoms with Crippen LogP contribution in [0.4, 0.5) is 4.39 Å². The van der Waals surface area contributed by atoms with E-state index >= 15 is 0 Å². The van der Waals surface area contributed by atoms with Crippen LogP contribution in [0.25, 0.3) is 0 Å². The van der Waals surface area contributed by atoms with Gasteiger partial charge in [-0.3, -0.25) is 4.90 Å². The van der Waals surface area contributed by atoms with Crippen LogP contribution in [0.15, 0.2) is 0 Å². The molecule has 0 saturated carbocycles. The molecule has 2 heteroatoms. The van der Waals surface area contributed by atoms with Crippen LogP contribution in [0, 0.1) is 0 Å². The minimum atomic E-state index is -0.168. The Morgan fingerprint density at radius 3 is 2.44 bits per heavy atom. The first kappa shape index (κ1) is 7.00. The first-order valence-electron chi connectivity index (χ1n) is 3.57. The van der Waals surface area contributed by atoms with Crippen LogP contribution in [-0.2, 0) is 0 Å². The molecule has 1 rings (SSSR count). The van der Waals surface area contributed by atoms with E-state index in [2.05, 4.69) is 18.7 Å². The minimum absolute atomic E-state index is 0.168. The summed E-state index contributed by atoms with van der Waals surface area (Å²) in [6.45, 7) is 5.15. The number of hydrogen-bond acceptors (Lipinski definition) is 1. The van der Waals surface area contributed by atoms with Crippen LogP contribution < -0.4 is 0 Å². The van der Waals surface area contributed by atoms with Gasteiger partial charge in [-0.1, -0.05) is 0 Å². The van der Waals surface area contributed by atoms with Crippen molar-refractivity contribution in [2.24, 2.45) is 0 Å². The van der Waals surface area contributed by atoms with E-state index in [1.165, 1.54) is 0 Å². The van der Waals surface area contributed by atoms with Gasteiger partial charge in [0, 0.05) is 18.6 Å². The number of alkyl halides is 1. The van der Waals surface area contributed by atoms with Gasteiger partial charge in [0.1, 0.15) is 6.67 Å². The highest BCUT2D eigenvalue weighted by molar-refractivity contribution is 4.84. The van der Waals surface area contributed by atoms with Gasteiger partial charge >= 0.3 is 0 Å². The highest BCUT2D eigenvalue weighted by Gasteiger charge is 2.29. The van der Waals surface area contributed by atoms with Gasteiger partial charge < -0.3 is 0 Å². The van der Waals surface area contributed by atoms with Crippen molar-refractivity contribution in [2.45, 2.75) is 32.4 Å². The standard InChI is InChI=1S/C7H14FN/c1-6(2)9-4-3-7(9)5-8/h6-7H,3-5H2,1-2H3. The number of hydrogen-bond donors (Lipinski definition) is 0. The van der Waals surface area contributed by atoms with Gasteiger partial charge in [0.15, 0.2) is 0 Å². The molecule has 1 atom stereocenters. The third-order valence-corrected chi connectivity index (χ3v) is 2.03. The van der Waals surface area contributed by atoms with Gasteiger partial charge in [-0.25, -0.2) is 4.39 Å². The molecular weight excluding hydrogens is 117 g/mol. The summed E-state index contributed by atoms with van der Waals surface area (Å²) < 4.78 is 12.0. The largest absolute Gasteiger partial charge is 0.295 e. The Labute approximate surface area is 55.8 Å². The van der Waals surface area contributed by atoms with E-state index in [1.54, 1.807) is 0 Å². The van der Waals surface area contributed by atoms with E-state index in [0.717, 1.165) is 13.0 Å². The molecule has 0 aromatic heterocycles. The van der Waals surface area contributed by atoms with Crippen molar-refractivity contribution in [3.8, 4) is 0 Å². The van der Waals surface area contributed by atoms with Crippen molar-refractivity contribution < 1.29 is 4.39 Å². The van der Waals surface area contributed by atoms with E-state index in [-0.39, 0.29) is 12.7 Å². The summed E-state index contributed by atoms with van der Waals surface area (Å²) >= 11 is 0. The van der Waals surface area contributed by atoms with Gasteiger partial charge in [-0.05, 0) is 20.3 Å². The monoisotopic (exact) mass is 131 g/mol. The Morgan fingerprint density at radius 1 is 1.67 bits per heavy atom. The first-order valence-corrected chi connectivity index (χ1v) is 3.57. The second kappa shape index (κ2) is 2.65. The van der Waals surface area contributed by atoms with Gasteiger partial charge in [0.2, 0.25) is 0 Å². The number of nitrogens with zero attached hydrogens (tertiary/aromatic N) is 1. The van der Waals surface area contributed by atoms with E-state index in [9.17, 15) is 4.39 Å². The summed E-state index contributed by atoms with van der Waals surface area (Å²) in [4.78, 5) is 2.19. The number of likely N-dealkylation sites (tertiary alicyclic amines) is 1. The molecule has 0 bridgehead atoms. The molecule has 0 aliphatic carbocycles. The quantitative estimate of drug-likeness (QED) is 0.548.